The zero-order valence-corrected chi connectivity index (χ0v) is 12.3. The average molecular weight is 271 g/mol. The number of nitrogens with zero attached hydrogens (tertiary/aromatic N) is 2. The number of hydrogen-bond acceptors (Lipinski definition) is 4. The third-order valence-electron chi connectivity index (χ3n) is 3.21. The average Bonchev–Trinajstić information content (AvgIpc) is 2.49. The molecule has 0 aromatic carbocycles. The molecule has 4 nitrogen and oxygen atoms in total. The van der Waals surface area contributed by atoms with E-state index in [9.17, 15) is 0 Å². The molecule has 2 heterocycles. The van der Waals surface area contributed by atoms with Crippen LogP contribution in [-0.2, 0) is 6.42 Å². The second kappa shape index (κ2) is 6.48. The molecule has 0 aliphatic carbocycles. The van der Waals surface area contributed by atoms with Crippen molar-refractivity contribution in [2.75, 3.05) is 0 Å². The Bertz CT molecular complexity index is 566. The lowest BCUT2D eigenvalue weighted by Gasteiger charge is -2.11. The first-order valence-corrected chi connectivity index (χ1v) is 7.00. The highest BCUT2D eigenvalue weighted by Crippen LogP contribution is 2.25. The van der Waals surface area contributed by atoms with Crippen LogP contribution in [0.15, 0.2) is 30.5 Å². The first kappa shape index (κ1) is 14.5. The van der Waals surface area contributed by atoms with Crippen molar-refractivity contribution in [3.63, 3.8) is 0 Å². The van der Waals surface area contributed by atoms with Gasteiger partial charge in [0.05, 0.1) is 17.6 Å². The Morgan fingerprint density at radius 2 is 2.00 bits per heavy atom. The summed E-state index contributed by atoms with van der Waals surface area (Å²) in [4.78, 5) is 8.83. The number of aryl methyl sites for hydroxylation is 2. The SMILES string of the molecule is CCc1nc(C)ccc1Oc1ccc(C(N)CC)nc1. The monoisotopic (exact) mass is 271 g/mol. The molecule has 0 aliphatic heterocycles. The second-order valence-corrected chi connectivity index (χ2v) is 4.79. The van der Waals surface area contributed by atoms with E-state index in [1.807, 2.05) is 38.1 Å². The van der Waals surface area contributed by atoms with Crippen molar-refractivity contribution in [1.29, 1.82) is 0 Å². The molecule has 0 spiro atoms. The number of ether oxygens (including phenoxy) is 1. The van der Waals surface area contributed by atoms with Gasteiger partial charge in [-0.15, -0.1) is 0 Å². The Kier molecular flexibility index (Phi) is 4.69. The summed E-state index contributed by atoms with van der Waals surface area (Å²) in [7, 11) is 0. The van der Waals surface area contributed by atoms with Gasteiger partial charge in [0.15, 0.2) is 0 Å². The maximum Gasteiger partial charge on any atom is 0.148 e. The fourth-order valence-corrected chi connectivity index (χ4v) is 1.95. The van der Waals surface area contributed by atoms with E-state index in [1.54, 1.807) is 6.20 Å². The van der Waals surface area contributed by atoms with Gasteiger partial charge in [-0.3, -0.25) is 9.97 Å². The Morgan fingerprint density at radius 1 is 1.20 bits per heavy atom. The highest BCUT2D eigenvalue weighted by atomic mass is 16.5. The molecule has 2 aromatic rings. The molecule has 0 fully saturated rings. The smallest absolute Gasteiger partial charge is 0.148 e. The summed E-state index contributed by atoms with van der Waals surface area (Å²) >= 11 is 0. The Balaban J connectivity index is 2.18. The highest BCUT2D eigenvalue weighted by molar-refractivity contribution is 5.34. The first-order chi connectivity index (χ1) is 9.63. The van der Waals surface area contributed by atoms with Gasteiger partial charge in [-0.25, -0.2) is 0 Å². The molecule has 20 heavy (non-hydrogen) atoms. The summed E-state index contributed by atoms with van der Waals surface area (Å²) in [5.74, 6) is 1.49. The molecule has 4 heteroatoms. The van der Waals surface area contributed by atoms with Gasteiger partial charge in [-0.1, -0.05) is 13.8 Å². The van der Waals surface area contributed by atoms with Crippen LogP contribution in [0.2, 0.25) is 0 Å². The fraction of sp³-hybridized carbons (Fsp3) is 0.375. The first-order valence-electron chi connectivity index (χ1n) is 7.00. The van der Waals surface area contributed by atoms with E-state index in [-0.39, 0.29) is 6.04 Å². The number of nitrogens with two attached hydrogens (primary N) is 1. The highest BCUT2D eigenvalue weighted by Gasteiger charge is 2.08. The minimum atomic E-state index is -0.0173. The number of pyridine rings is 2. The maximum absolute atomic E-state index is 5.95. The van der Waals surface area contributed by atoms with E-state index in [4.69, 9.17) is 10.5 Å². The Morgan fingerprint density at radius 3 is 2.60 bits per heavy atom. The van der Waals surface area contributed by atoms with E-state index in [0.717, 1.165) is 35.7 Å². The van der Waals surface area contributed by atoms with Crippen molar-refractivity contribution in [2.24, 2.45) is 5.73 Å². The van der Waals surface area contributed by atoms with Crippen LogP contribution in [0.4, 0.5) is 0 Å². The summed E-state index contributed by atoms with van der Waals surface area (Å²) < 4.78 is 5.86. The third-order valence-corrected chi connectivity index (χ3v) is 3.21. The predicted molar refractivity (Wildman–Crippen MR) is 79.9 cm³/mol. The second-order valence-electron chi connectivity index (χ2n) is 4.79. The van der Waals surface area contributed by atoms with Crippen molar-refractivity contribution < 1.29 is 4.74 Å². The Labute approximate surface area is 120 Å². The molecular weight excluding hydrogens is 250 g/mol. The van der Waals surface area contributed by atoms with Gasteiger partial charge in [0, 0.05) is 11.7 Å². The number of rotatable bonds is 5. The molecule has 106 valence electrons. The van der Waals surface area contributed by atoms with E-state index < -0.39 is 0 Å². The van der Waals surface area contributed by atoms with Gasteiger partial charge >= 0.3 is 0 Å². The van der Waals surface area contributed by atoms with Crippen LogP contribution in [0.1, 0.15) is 43.4 Å². The topological polar surface area (TPSA) is 61.0 Å². The molecule has 2 rings (SSSR count). The van der Waals surface area contributed by atoms with Crippen molar-refractivity contribution >= 4 is 0 Å². The lowest BCUT2D eigenvalue weighted by atomic mass is 10.1. The third kappa shape index (κ3) is 3.33. The van der Waals surface area contributed by atoms with Crippen LogP contribution in [0.3, 0.4) is 0 Å². The lowest BCUT2D eigenvalue weighted by Crippen LogP contribution is -2.10. The predicted octanol–water partition coefficient (Wildman–Crippen LogP) is 3.55. The molecule has 1 unspecified atom stereocenters. The largest absolute Gasteiger partial charge is 0.454 e. The molecule has 0 radical (unpaired) electrons. The summed E-state index contributed by atoms with van der Waals surface area (Å²) in [6.45, 7) is 6.09. The Hall–Kier alpha value is -1.94. The zero-order chi connectivity index (χ0) is 14.5. The number of aromatic nitrogens is 2. The van der Waals surface area contributed by atoms with Crippen LogP contribution in [0.25, 0.3) is 0 Å². The summed E-state index contributed by atoms with van der Waals surface area (Å²) in [6, 6.07) is 7.70. The summed E-state index contributed by atoms with van der Waals surface area (Å²) in [5, 5.41) is 0. The quantitative estimate of drug-likeness (QED) is 0.903. The van der Waals surface area contributed by atoms with Gasteiger partial charge in [-0.2, -0.15) is 0 Å². The number of hydrogen-bond donors (Lipinski definition) is 1. The molecule has 1 atom stereocenters. The van der Waals surface area contributed by atoms with Gasteiger partial charge in [0.2, 0.25) is 0 Å². The summed E-state index contributed by atoms with van der Waals surface area (Å²) in [6.07, 6.45) is 3.42. The molecule has 0 saturated heterocycles. The zero-order valence-electron chi connectivity index (χ0n) is 12.3. The molecule has 2 aromatic heterocycles. The van der Waals surface area contributed by atoms with Crippen molar-refractivity contribution in [2.45, 2.75) is 39.7 Å². The fourth-order valence-electron chi connectivity index (χ4n) is 1.95. The molecule has 0 amide bonds. The summed E-state index contributed by atoms with van der Waals surface area (Å²) in [5.41, 5.74) is 8.79. The van der Waals surface area contributed by atoms with Crippen molar-refractivity contribution in [3.05, 3.63) is 47.5 Å². The molecule has 0 saturated carbocycles. The normalized spacial score (nSPS) is 12.2. The molecule has 0 bridgehead atoms. The van der Waals surface area contributed by atoms with Gasteiger partial charge in [-0.05, 0) is 44.0 Å². The van der Waals surface area contributed by atoms with Gasteiger partial charge in [0.25, 0.3) is 0 Å². The van der Waals surface area contributed by atoms with Crippen molar-refractivity contribution in [3.8, 4) is 11.5 Å². The van der Waals surface area contributed by atoms with Crippen molar-refractivity contribution in [1.82, 2.24) is 9.97 Å². The van der Waals surface area contributed by atoms with Gasteiger partial charge in [0.1, 0.15) is 11.5 Å². The molecular formula is C16H21N3O. The lowest BCUT2D eigenvalue weighted by molar-refractivity contribution is 0.469. The van der Waals surface area contributed by atoms with Crippen LogP contribution < -0.4 is 10.5 Å². The van der Waals surface area contributed by atoms with Crippen LogP contribution in [0.5, 0.6) is 11.5 Å². The van der Waals surface area contributed by atoms with E-state index in [2.05, 4.69) is 16.9 Å². The maximum atomic E-state index is 5.95. The molecule has 2 N–H and O–H groups in total. The van der Waals surface area contributed by atoms with E-state index in [1.165, 1.54) is 0 Å². The van der Waals surface area contributed by atoms with Crippen LogP contribution in [0, 0.1) is 6.92 Å². The van der Waals surface area contributed by atoms with Gasteiger partial charge < -0.3 is 10.5 Å². The van der Waals surface area contributed by atoms with E-state index in [0.29, 0.717) is 5.75 Å². The standard InChI is InChI=1S/C16H21N3O/c1-4-13(17)15-8-7-12(10-18-15)20-16-9-6-11(3)19-14(16)5-2/h6-10,13H,4-5,17H2,1-3H3. The molecule has 0 aliphatic rings. The van der Waals surface area contributed by atoms with Crippen LogP contribution in [-0.4, -0.2) is 9.97 Å². The minimum Gasteiger partial charge on any atom is -0.454 e. The minimum absolute atomic E-state index is 0.0173. The van der Waals surface area contributed by atoms with Crippen LogP contribution >= 0.6 is 0 Å². The van der Waals surface area contributed by atoms with E-state index >= 15 is 0 Å².